The highest BCUT2D eigenvalue weighted by molar-refractivity contribution is 5.97. The first-order chi connectivity index (χ1) is 9.06. The van der Waals surface area contributed by atoms with E-state index < -0.39 is 11.9 Å². The van der Waals surface area contributed by atoms with E-state index in [1.165, 1.54) is 24.3 Å². The van der Waals surface area contributed by atoms with Crippen LogP contribution >= 0.6 is 0 Å². The third-order valence-electron chi connectivity index (χ3n) is 3.39. The summed E-state index contributed by atoms with van der Waals surface area (Å²) in [6.45, 7) is 1.33. The molecule has 0 aromatic heterocycles. The van der Waals surface area contributed by atoms with Crippen molar-refractivity contribution in [2.24, 2.45) is 5.92 Å². The summed E-state index contributed by atoms with van der Waals surface area (Å²) in [7, 11) is 0. The minimum absolute atomic E-state index is 0.106. The summed E-state index contributed by atoms with van der Waals surface area (Å²) in [4.78, 5) is 24.8. The summed E-state index contributed by atoms with van der Waals surface area (Å²) in [5.74, 6) is -1.68. The molecule has 0 saturated carbocycles. The second-order valence-corrected chi connectivity index (χ2v) is 4.84. The van der Waals surface area contributed by atoms with Crippen LogP contribution in [0.1, 0.15) is 23.2 Å². The number of halogens is 1. The Morgan fingerprint density at radius 2 is 2.00 bits per heavy atom. The molecule has 1 aliphatic heterocycles. The van der Waals surface area contributed by atoms with Crippen LogP contribution in [0, 0.1) is 11.7 Å². The van der Waals surface area contributed by atoms with E-state index in [1.54, 1.807) is 0 Å². The van der Waals surface area contributed by atoms with E-state index in [0.717, 1.165) is 13.0 Å². The molecule has 102 valence electrons. The number of nitrogens with zero attached hydrogens (tertiary/aromatic N) is 1. The number of hydrogen-bond acceptors (Lipinski definition) is 3. The first-order valence-corrected chi connectivity index (χ1v) is 6.30. The SMILES string of the molecule is O=C(CN1CCCC(C(=O)O)C1)c1ccc(F)cc1. The number of ketones is 1. The fraction of sp³-hybridized carbons (Fsp3) is 0.429. The van der Waals surface area contributed by atoms with Gasteiger partial charge in [-0.3, -0.25) is 14.5 Å². The number of carboxylic acids is 1. The van der Waals surface area contributed by atoms with E-state index in [0.29, 0.717) is 18.5 Å². The van der Waals surface area contributed by atoms with Gasteiger partial charge in [0, 0.05) is 12.1 Å². The number of Topliss-reactive ketones (excluding diaryl/α,β-unsaturated/α-hetero) is 1. The molecule has 0 bridgehead atoms. The average molecular weight is 265 g/mol. The van der Waals surface area contributed by atoms with Crippen LogP contribution in [0.4, 0.5) is 4.39 Å². The van der Waals surface area contributed by atoms with Gasteiger partial charge in [-0.15, -0.1) is 0 Å². The quantitative estimate of drug-likeness (QED) is 0.843. The van der Waals surface area contributed by atoms with E-state index in [-0.39, 0.29) is 18.1 Å². The summed E-state index contributed by atoms with van der Waals surface area (Å²) in [6.07, 6.45) is 1.45. The molecule has 0 radical (unpaired) electrons. The Hall–Kier alpha value is -1.75. The fourth-order valence-electron chi connectivity index (χ4n) is 2.33. The second kappa shape index (κ2) is 5.93. The third kappa shape index (κ3) is 3.61. The lowest BCUT2D eigenvalue weighted by Crippen LogP contribution is -2.41. The Balaban J connectivity index is 1.95. The van der Waals surface area contributed by atoms with Gasteiger partial charge in [-0.05, 0) is 43.7 Å². The van der Waals surface area contributed by atoms with Gasteiger partial charge >= 0.3 is 5.97 Å². The molecule has 2 rings (SSSR count). The maximum Gasteiger partial charge on any atom is 0.307 e. The van der Waals surface area contributed by atoms with Crippen molar-refractivity contribution < 1.29 is 19.1 Å². The van der Waals surface area contributed by atoms with E-state index in [4.69, 9.17) is 5.11 Å². The van der Waals surface area contributed by atoms with Crippen LogP contribution in [-0.4, -0.2) is 41.4 Å². The van der Waals surface area contributed by atoms with Crippen LogP contribution in [0.25, 0.3) is 0 Å². The Morgan fingerprint density at radius 3 is 2.63 bits per heavy atom. The first-order valence-electron chi connectivity index (χ1n) is 6.30. The maximum absolute atomic E-state index is 12.8. The predicted octanol–water partition coefficient (Wildman–Crippen LogP) is 1.80. The van der Waals surface area contributed by atoms with Crippen molar-refractivity contribution in [3.05, 3.63) is 35.6 Å². The van der Waals surface area contributed by atoms with Crippen LogP contribution in [0.15, 0.2) is 24.3 Å². The molecule has 4 nitrogen and oxygen atoms in total. The topological polar surface area (TPSA) is 57.6 Å². The van der Waals surface area contributed by atoms with E-state index >= 15 is 0 Å². The summed E-state index contributed by atoms with van der Waals surface area (Å²) < 4.78 is 12.8. The Bertz CT molecular complexity index is 472. The molecule has 1 aromatic carbocycles. The van der Waals surface area contributed by atoms with Gasteiger partial charge in [0.15, 0.2) is 5.78 Å². The highest BCUT2D eigenvalue weighted by Gasteiger charge is 2.26. The van der Waals surface area contributed by atoms with Crippen molar-refractivity contribution in [1.82, 2.24) is 4.90 Å². The lowest BCUT2D eigenvalue weighted by atomic mass is 9.98. The molecular weight excluding hydrogens is 249 g/mol. The summed E-state index contributed by atoms with van der Waals surface area (Å²) in [5, 5.41) is 8.98. The Kier molecular flexibility index (Phi) is 4.27. The standard InChI is InChI=1S/C14H16FNO3/c15-12-5-3-10(4-6-12)13(17)9-16-7-1-2-11(8-16)14(18)19/h3-6,11H,1-2,7-9H2,(H,18,19). The molecule has 5 heteroatoms. The molecule has 1 fully saturated rings. The fourth-order valence-corrected chi connectivity index (χ4v) is 2.33. The van der Waals surface area contributed by atoms with Crippen molar-refractivity contribution in [3.63, 3.8) is 0 Å². The molecule has 19 heavy (non-hydrogen) atoms. The number of benzene rings is 1. The average Bonchev–Trinajstić information content (AvgIpc) is 2.39. The summed E-state index contributed by atoms with van der Waals surface area (Å²) in [5.41, 5.74) is 0.457. The maximum atomic E-state index is 12.8. The van der Waals surface area contributed by atoms with Gasteiger partial charge < -0.3 is 5.11 Å². The van der Waals surface area contributed by atoms with Crippen molar-refractivity contribution in [1.29, 1.82) is 0 Å². The van der Waals surface area contributed by atoms with Crippen LogP contribution in [-0.2, 0) is 4.79 Å². The van der Waals surface area contributed by atoms with E-state index in [1.807, 2.05) is 4.90 Å². The summed E-state index contributed by atoms with van der Waals surface area (Å²) >= 11 is 0. The van der Waals surface area contributed by atoms with Crippen LogP contribution < -0.4 is 0 Å². The second-order valence-electron chi connectivity index (χ2n) is 4.84. The molecule has 1 unspecified atom stereocenters. The van der Waals surface area contributed by atoms with E-state index in [9.17, 15) is 14.0 Å². The lowest BCUT2D eigenvalue weighted by Gasteiger charge is -2.29. The van der Waals surface area contributed by atoms with Gasteiger partial charge in [-0.25, -0.2) is 4.39 Å². The monoisotopic (exact) mass is 265 g/mol. The normalized spacial score (nSPS) is 20.2. The molecule has 0 amide bonds. The number of carbonyl (C=O) groups is 2. The highest BCUT2D eigenvalue weighted by Crippen LogP contribution is 2.17. The third-order valence-corrected chi connectivity index (χ3v) is 3.39. The van der Waals surface area contributed by atoms with Gasteiger partial charge in [-0.2, -0.15) is 0 Å². The number of carboxylic acid groups (broad SMARTS) is 1. The van der Waals surface area contributed by atoms with Crippen molar-refractivity contribution in [2.75, 3.05) is 19.6 Å². The zero-order valence-corrected chi connectivity index (χ0v) is 10.5. The number of aliphatic carboxylic acids is 1. The summed E-state index contributed by atoms with van der Waals surface area (Å²) in [6, 6.07) is 5.42. The molecule has 1 N–H and O–H groups in total. The van der Waals surface area contributed by atoms with Gasteiger partial charge in [-0.1, -0.05) is 0 Å². The van der Waals surface area contributed by atoms with Gasteiger partial charge in [0.25, 0.3) is 0 Å². The van der Waals surface area contributed by atoms with Crippen LogP contribution in [0.3, 0.4) is 0 Å². The minimum atomic E-state index is -0.807. The molecule has 0 aliphatic carbocycles. The number of piperidine rings is 1. The minimum Gasteiger partial charge on any atom is -0.481 e. The lowest BCUT2D eigenvalue weighted by molar-refractivity contribution is -0.143. The zero-order chi connectivity index (χ0) is 13.8. The van der Waals surface area contributed by atoms with Crippen LogP contribution in [0.5, 0.6) is 0 Å². The van der Waals surface area contributed by atoms with Gasteiger partial charge in [0.05, 0.1) is 12.5 Å². The first kappa shape index (κ1) is 13.7. The molecule has 0 spiro atoms. The highest BCUT2D eigenvalue weighted by atomic mass is 19.1. The number of likely N-dealkylation sites (tertiary alicyclic amines) is 1. The van der Waals surface area contributed by atoms with Crippen molar-refractivity contribution >= 4 is 11.8 Å². The zero-order valence-electron chi connectivity index (χ0n) is 10.5. The largest absolute Gasteiger partial charge is 0.481 e. The van der Waals surface area contributed by atoms with Gasteiger partial charge in [0.1, 0.15) is 5.82 Å². The molecule has 1 aliphatic rings. The predicted molar refractivity (Wildman–Crippen MR) is 67.5 cm³/mol. The molecule has 1 heterocycles. The Labute approximate surface area is 110 Å². The number of carbonyl (C=O) groups excluding carboxylic acids is 1. The van der Waals surface area contributed by atoms with Crippen molar-refractivity contribution in [2.45, 2.75) is 12.8 Å². The number of hydrogen-bond donors (Lipinski definition) is 1. The van der Waals surface area contributed by atoms with Crippen molar-refractivity contribution in [3.8, 4) is 0 Å². The van der Waals surface area contributed by atoms with Crippen LogP contribution in [0.2, 0.25) is 0 Å². The Morgan fingerprint density at radius 1 is 1.32 bits per heavy atom. The molecule has 1 atom stereocenters. The van der Waals surface area contributed by atoms with Gasteiger partial charge in [0.2, 0.25) is 0 Å². The van der Waals surface area contributed by atoms with E-state index in [2.05, 4.69) is 0 Å². The molecular formula is C14H16FNO3. The number of rotatable bonds is 4. The molecule has 1 saturated heterocycles. The molecule has 1 aromatic rings. The smallest absolute Gasteiger partial charge is 0.307 e.